The smallest absolute Gasteiger partial charge is 0.230 e. The molecule has 0 aromatic heterocycles. The SMILES string of the molecule is C=C(C)[C@@H]1CC[C@]2(C(=O)Nc3ccc(OC)cc3)CC[C@]3(C)[C@H](CC[C@@H]4[C@@]5(C)CC[C@H](O[C@@H]6O[C@H](CO)[C@@H](O[C@@H]7O[C@@H](C)[C@H](O)[C@@H](O)[C@H]7O)[C@H](O)[C@H]6O[C@@H]6O[C@@H](C)[C@H](O)[C@@H](O)[C@H]6O)C(C)(C)[C@@H]5CC[C@]43C)[C@@H]12. The van der Waals surface area contributed by atoms with Crippen LogP contribution in [0, 0.1) is 56.7 Å². The summed E-state index contributed by atoms with van der Waals surface area (Å²) < 4.78 is 42.8. The van der Waals surface area contributed by atoms with Crippen LogP contribution >= 0.6 is 0 Å². The second-order valence-electron chi connectivity index (χ2n) is 24.8. The molecule has 8 aliphatic rings. The molecule has 17 heteroatoms. The van der Waals surface area contributed by atoms with Gasteiger partial charge in [0.2, 0.25) is 5.91 Å². The van der Waals surface area contributed by atoms with Gasteiger partial charge in [-0.3, -0.25) is 4.79 Å². The third-order valence-electron chi connectivity index (χ3n) is 21.1. The van der Waals surface area contributed by atoms with Crippen LogP contribution in [0.25, 0.3) is 0 Å². The van der Waals surface area contributed by atoms with Crippen molar-refractivity contribution in [2.75, 3.05) is 19.0 Å². The van der Waals surface area contributed by atoms with E-state index in [0.717, 1.165) is 69.2 Å². The molecule has 5 saturated carbocycles. The Morgan fingerprint density at radius 2 is 1.28 bits per heavy atom. The highest BCUT2D eigenvalue weighted by Crippen LogP contribution is 2.78. The number of aliphatic hydroxyl groups excluding tert-OH is 8. The minimum atomic E-state index is -1.74. The van der Waals surface area contributed by atoms with Crippen LogP contribution in [0.3, 0.4) is 0 Å². The molecule has 0 spiro atoms. The standard InChI is InChI=1S/C55H85NO16/c1-26(2)31-17-22-55(50(65)56-29-11-13-30(66-10)14-12-29)24-23-53(8)32(37(31)55)15-16-35-52(7)20-19-36(51(5,6)34(52)18-21-54(35,53)9)70-49-46(72-48-43(63)41(61)39(59)28(4)68-48)44(64)45(33(25-57)69-49)71-47-42(62)40(60)38(58)27(3)67-47/h11-14,27-28,31-49,57-64H,1,15-25H2,2-10H3,(H,56,65)/t27-,28-,31-,32+,33+,34-,35+,36-,37+,38-,39-,40+,41+,42+,43+,44-,45+,46+,47-,48-,49-,52-,53+,54+,55-/m0/s1. The quantitative estimate of drug-likeness (QED) is 0.111. The van der Waals surface area contributed by atoms with Gasteiger partial charge in [0.05, 0.1) is 37.4 Å². The number of amides is 1. The Labute approximate surface area is 424 Å². The van der Waals surface area contributed by atoms with Gasteiger partial charge in [-0.25, -0.2) is 0 Å². The van der Waals surface area contributed by atoms with E-state index in [9.17, 15) is 45.6 Å². The van der Waals surface area contributed by atoms with E-state index in [0.29, 0.717) is 18.3 Å². The van der Waals surface area contributed by atoms with Gasteiger partial charge in [-0.15, -0.1) is 0 Å². The lowest BCUT2D eigenvalue weighted by molar-refractivity contribution is -0.393. The normalized spacial score (nSPS) is 50.9. The first-order chi connectivity index (χ1) is 33.9. The summed E-state index contributed by atoms with van der Waals surface area (Å²) in [5, 5.41) is 90.5. The zero-order valence-electron chi connectivity index (χ0n) is 43.8. The summed E-state index contributed by atoms with van der Waals surface area (Å²) >= 11 is 0. The average Bonchev–Trinajstić information content (AvgIpc) is 3.75. The molecule has 0 radical (unpaired) electrons. The molecule has 8 fully saturated rings. The van der Waals surface area contributed by atoms with Crippen molar-refractivity contribution in [1.82, 2.24) is 0 Å². The van der Waals surface area contributed by atoms with E-state index < -0.39 is 116 Å². The van der Waals surface area contributed by atoms with Gasteiger partial charge in [-0.1, -0.05) is 46.8 Å². The number of nitrogens with one attached hydrogen (secondary N) is 1. The number of fused-ring (bicyclic) bond motifs is 7. The number of carbonyl (C=O) groups excluding carboxylic acids is 1. The summed E-state index contributed by atoms with van der Waals surface area (Å²) in [6, 6.07) is 7.60. The van der Waals surface area contributed by atoms with Crippen molar-refractivity contribution in [3.63, 3.8) is 0 Å². The maximum absolute atomic E-state index is 14.8. The molecule has 9 rings (SSSR count). The van der Waals surface area contributed by atoms with Gasteiger partial charge in [0, 0.05) is 5.69 Å². The van der Waals surface area contributed by atoms with Crippen LogP contribution < -0.4 is 10.1 Å². The third-order valence-corrected chi connectivity index (χ3v) is 21.1. The summed E-state index contributed by atoms with van der Waals surface area (Å²) in [6.45, 7) is 21.1. The number of hydrogen-bond donors (Lipinski definition) is 9. The van der Waals surface area contributed by atoms with Gasteiger partial charge < -0.3 is 79.3 Å². The zero-order valence-corrected chi connectivity index (χ0v) is 43.8. The van der Waals surface area contributed by atoms with Crippen LogP contribution in [0.2, 0.25) is 0 Å². The Balaban J connectivity index is 0.963. The van der Waals surface area contributed by atoms with E-state index >= 15 is 0 Å². The lowest BCUT2D eigenvalue weighted by atomic mass is 9.32. The van der Waals surface area contributed by atoms with Crippen LogP contribution in [-0.2, 0) is 33.2 Å². The van der Waals surface area contributed by atoms with Crippen molar-refractivity contribution in [1.29, 1.82) is 0 Å². The molecule has 9 N–H and O–H groups in total. The van der Waals surface area contributed by atoms with Gasteiger partial charge in [0.1, 0.15) is 66.8 Å². The molecule has 1 aromatic carbocycles. The van der Waals surface area contributed by atoms with Crippen LogP contribution in [0.1, 0.15) is 120 Å². The molecule has 5 aliphatic carbocycles. The molecule has 25 atom stereocenters. The molecule has 3 aliphatic heterocycles. The van der Waals surface area contributed by atoms with Gasteiger partial charge >= 0.3 is 0 Å². The predicted molar refractivity (Wildman–Crippen MR) is 262 cm³/mol. The maximum atomic E-state index is 14.8. The molecular formula is C55H85NO16. The van der Waals surface area contributed by atoms with Crippen molar-refractivity contribution in [3.8, 4) is 5.75 Å². The summed E-state index contributed by atoms with van der Waals surface area (Å²) in [5.41, 5.74) is 0.903. The summed E-state index contributed by atoms with van der Waals surface area (Å²) in [6.07, 6.45) is -13.2. The first kappa shape index (κ1) is 54.5. The largest absolute Gasteiger partial charge is 0.497 e. The van der Waals surface area contributed by atoms with E-state index in [4.69, 9.17) is 33.2 Å². The monoisotopic (exact) mass is 1020 g/mol. The lowest BCUT2D eigenvalue weighted by Gasteiger charge is -2.73. The number of benzene rings is 1. The first-order valence-corrected chi connectivity index (χ1v) is 26.8. The third kappa shape index (κ3) is 8.63. The summed E-state index contributed by atoms with van der Waals surface area (Å²) in [7, 11) is 1.64. The number of carbonyl (C=O) groups is 1. The molecule has 3 saturated heterocycles. The summed E-state index contributed by atoms with van der Waals surface area (Å²) in [5.74, 6) is 2.27. The highest BCUT2D eigenvalue weighted by molar-refractivity contribution is 5.96. The Bertz CT molecular complexity index is 2110. The van der Waals surface area contributed by atoms with Gasteiger partial charge in [0.25, 0.3) is 0 Å². The number of hydrogen-bond acceptors (Lipinski definition) is 16. The number of aliphatic hydroxyl groups is 8. The van der Waals surface area contributed by atoms with Crippen molar-refractivity contribution in [3.05, 3.63) is 36.4 Å². The van der Waals surface area contributed by atoms with Crippen LogP contribution in [-0.4, -0.2) is 159 Å². The zero-order chi connectivity index (χ0) is 52.2. The van der Waals surface area contributed by atoms with E-state index in [2.05, 4.69) is 53.4 Å². The highest BCUT2D eigenvalue weighted by Gasteiger charge is 2.72. The highest BCUT2D eigenvalue weighted by atomic mass is 16.8. The number of allylic oxidation sites excluding steroid dienone is 1. The van der Waals surface area contributed by atoms with Crippen LogP contribution in [0.4, 0.5) is 5.69 Å². The van der Waals surface area contributed by atoms with Crippen LogP contribution in [0.5, 0.6) is 5.75 Å². The van der Waals surface area contributed by atoms with E-state index in [1.165, 1.54) is 19.4 Å². The van der Waals surface area contributed by atoms with E-state index in [-0.39, 0.29) is 39.9 Å². The Hall–Kier alpha value is -2.33. The lowest BCUT2D eigenvalue weighted by Crippen LogP contribution is -2.68. The Morgan fingerprint density at radius 3 is 1.86 bits per heavy atom. The molecule has 0 unspecified atom stereocenters. The number of methoxy groups -OCH3 is 1. The van der Waals surface area contributed by atoms with Gasteiger partial charge in [0.15, 0.2) is 18.9 Å². The fourth-order valence-electron chi connectivity index (χ4n) is 16.9. The second kappa shape index (κ2) is 19.9. The van der Waals surface area contributed by atoms with Crippen molar-refractivity contribution in [2.24, 2.45) is 56.7 Å². The van der Waals surface area contributed by atoms with E-state index in [1.807, 2.05) is 24.3 Å². The van der Waals surface area contributed by atoms with Gasteiger partial charge in [-0.05, 0) is 160 Å². The minimum Gasteiger partial charge on any atom is -0.497 e. The molecule has 1 amide bonds. The number of ether oxygens (including phenoxy) is 7. The summed E-state index contributed by atoms with van der Waals surface area (Å²) in [4.78, 5) is 14.8. The average molecular weight is 1020 g/mol. The number of anilines is 1. The van der Waals surface area contributed by atoms with Crippen molar-refractivity contribution in [2.45, 2.75) is 218 Å². The van der Waals surface area contributed by atoms with Gasteiger partial charge in [-0.2, -0.15) is 0 Å². The maximum Gasteiger partial charge on any atom is 0.230 e. The van der Waals surface area contributed by atoms with Crippen molar-refractivity contribution < 1.29 is 78.8 Å². The first-order valence-electron chi connectivity index (χ1n) is 26.8. The molecule has 0 bridgehead atoms. The Kier molecular flexibility index (Phi) is 15.1. The predicted octanol–water partition coefficient (Wildman–Crippen LogP) is 4.18. The van der Waals surface area contributed by atoms with Crippen LogP contribution in [0.15, 0.2) is 36.4 Å². The Morgan fingerprint density at radius 1 is 0.667 bits per heavy atom. The molecule has 3 heterocycles. The van der Waals surface area contributed by atoms with E-state index in [1.54, 1.807) is 7.11 Å². The molecule has 406 valence electrons. The minimum absolute atomic E-state index is 0.0116. The fourth-order valence-corrected chi connectivity index (χ4v) is 16.9. The molecule has 72 heavy (non-hydrogen) atoms. The fraction of sp³-hybridized carbons (Fsp3) is 0.836. The topological polar surface area (TPSA) is 256 Å². The molecular weight excluding hydrogens is 931 g/mol. The second-order valence-corrected chi connectivity index (χ2v) is 24.8. The van der Waals surface area contributed by atoms with Crippen molar-refractivity contribution >= 4 is 11.6 Å². The number of rotatable bonds is 11. The molecule has 17 nitrogen and oxygen atoms in total. The molecule has 1 aromatic rings.